The van der Waals surface area contributed by atoms with E-state index >= 15 is 0 Å². The van der Waals surface area contributed by atoms with Crippen LogP contribution in [0.5, 0.6) is 0 Å². The molecule has 0 aromatic carbocycles. The van der Waals surface area contributed by atoms with Gasteiger partial charge >= 0.3 is 6.16 Å². The van der Waals surface area contributed by atoms with Gasteiger partial charge in [-0.05, 0) is 6.92 Å². The number of carbonyl (C=O) groups is 1. The molecule has 1 N–H and O–H groups in total. The summed E-state index contributed by atoms with van der Waals surface area (Å²) in [6.07, 6.45) is -1.34. The molecule has 0 rings (SSSR count). The van der Waals surface area contributed by atoms with Gasteiger partial charge in [0.25, 0.3) is 0 Å². The maximum atomic E-state index is 9.94. The lowest BCUT2D eigenvalue weighted by molar-refractivity contribution is -0.215. The molecule has 0 spiro atoms. The third kappa shape index (κ3) is 3.79. The van der Waals surface area contributed by atoms with Crippen molar-refractivity contribution in [3.63, 3.8) is 0 Å². The van der Waals surface area contributed by atoms with Crippen LogP contribution in [0.1, 0.15) is 6.92 Å². The van der Waals surface area contributed by atoms with E-state index in [1.54, 1.807) is 6.92 Å². The smallest absolute Gasteiger partial charge is 0.450 e. The first kappa shape index (κ1) is 10.2. The number of methoxy groups -OCH3 is 2. The molecule has 0 aromatic rings. The number of hydrogen-bond donors (Lipinski definition) is 1. The van der Waals surface area contributed by atoms with E-state index in [9.17, 15) is 4.79 Å². The number of ether oxygens (including phenoxy) is 3. The summed E-state index contributed by atoms with van der Waals surface area (Å²) in [6.45, 7) is 1.44. The van der Waals surface area contributed by atoms with Gasteiger partial charge in [-0.3, -0.25) is 0 Å². The molecule has 0 radical (unpaired) electrons. The Hall–Kier alpha value is -0.810. The van der Waals surface area contributed by atoms with Crippen LogP contribution in [0.3, 0.4) is 0 Å². The Balaban J connectivity index is 3.78. The Labute approximate surface area is 64.9 Å². The average Bonchev–Trinajstić information content (AvgIpc) is 2.00. The Morgan fingerprint density at radius 1 is 1.45 bits per heavy atom. The van der Waals surface area contributed by atoms with Crippen LogP contribution in [0.25, 0.3) is 0 Å². The Kier molecular flexibility index (Phi) is 3.84. The van der Waals surface area contributed by atoms with Crippen molar-refractivity contribution in [2.24, 2.45) is 0 Å². The van der Waals surface area contributed by atoms with E-state index in [-0.39, 0.29) is 6.61 Å². The molecule has 11 heavy (non-hydrogen) atoms. The summed E-state index contributed by atoms with van der Waals surface area (Å²) in [5, 5.41) is 8.13. The predicted molar refractivity (Wildman–Crippen MR) is 36.4 cm³/mol. The third-order valence-corrected chi connectivity index (χ3v) is 1.32. The van der Waals surface area contributed by atoms with Crippen molar-refractivity contribution in [1.82, 2.24) is 0 Å². The van der Waals surface area contributed by atoms with Crippen LogP contribution in [0.15, 0.2) is 0 Å². The minimum atomic E-state index is -1.34. The highest BCUT2D eigenvalue weighted by atomic mass is 16.7. The quantitative estimate of drug-likeness (QED) is 0.489. The second-order valence-electron chi connectivity index (χ2n) is 2.10. The molecule has 0 saturated carbocycles. The van der Waals surface area contributed by atoms with Crippen LogP contribution >= 0.6 is 0 Å². The zero-order valence-corrected chi connectivity index (χ0v) is 6.79. The molecule has 0 heterocycles. The van der Waals surface area contributed by atoms with Gasteiger partial charge in [-0.2, -0.15) is 0 Å². The number of hydrogen-bond acceptors (Lipinski definition) is 4. The first-order chi connectivity index (χ1) is 5.04. The Bertz CT molecular complexity index is 129. The zero-order valence-electron chi connectivity index (χ0n) is 6.79. The third-order valence-electron chi connectivity index (χ3n) is 1.32. The minimum absolute atomic E-state index is 0.144. The molecule has 5 heteroatoms. The SMILES string of the molecule is COC(C)(COC(=O)O)OC. The van der Waals surface area contributed by atoms with Crippen molar-refractivity contribution in [1.29, 1.82) is 0 Å². The Morgan fingerprint density at radius 2 is 1.91 bits per heavy atom. The van der Waals surface area contributed by atoms with Crippen LogP contribution < -0.4 is 0 Å². The molecule has 5 nitrogen and oxygen atoms in total. The lowest BCUT2D eigenvalue weighted by atomic mass is 10.3. The average molecular weight is 164 g/mol. The first-order valence-electron chi connectivity index (χ1n) is 3.00. The fourth-order valence-electron chi connectivity index (χ4n) is 0.394. The molecule has 0 unspecified atom stereocenters. The standard InChI is InChI=1S/C6H12O5/c1-6(9-2,10-3)4-11-5(7)8/h4H2,1-3H3,(H,7,8). The minimum Gasteiger partial charge on any atom is -0.450 e. The molecular weight excluding hydrogens is 152 g/mol. The van der Waals surface area contributed by atoms with Gasteiger partial charge in [-0.15, -0.1) is 0 Å². The van der Waals surface area contributed by atoms with Gasteiger partial charge < -0.3 is 19.3 Å². The summed E-state index contributed by atoms with van der Waals surface area (Å²) in [6, 6.07) is 0. The second-order valence-corrected chi connectivity index (χ2v) is 2.10. The van der Waals surface area contributed by atoms with Gasteiger partial charge in [-0.1, -0.05) is 0 Å². The van der Waals surface area contributed by atoms with E-state index in [4.69, 9.17) is 14.6 Å². The summed E-state index contributed by atoms with van der Waals surface area (Å²) in [5.41, 5.74) is 0. The van der Waals surface area contributed by atoms with Crippen molar-refractivity contribution in [2.45, 2.75) is 12.7 Å². The van der Waals surface area contributed by atoms with E-state index in [1.165, 1.54) is 14.2 Å². The summed E-state index contributed by atoms with van der Waals surface area (Å²) in [5.74, 6) is -0.988. The molecule has 0 atom stereocenters. The first-order valence-corrected chi connectivity index (χ1v) is 3.00. The van der Waals surface area contributed by atoms with Crippen molar-refractivity contribution in [3.05, 3.63) is 0 Å². The topological polar surface area (TPSA) is 65.0 Å². The number of rotatable bonds is 4. The van der Waals surface area contributed by atoms with E-state index in [0.717, 1.165) is 0 Å². The molecule has 66 valence electrons. The van der Waals surface area contributed by atoms with Gasteiger partial charge in [0.15, 0.2) is 5.79 Å². The van der Waals surface area contributed by atoms with Gasteiger partial charge in [0, 0.05) is 14.2 Å². The van der Waals surface area contributed by atoms with E-state index < -0.39 is 11.9 Å². The van der Waals surface area contributed by atoms with Crippen molar-refractivity contribution < 1.29 is 24.1 Å². The second kappa shape index (κ2) is 4.15. The van der Waals surface area contributed by atoms with Crippen molar-refractivity contribution in [2.75, 3.05) is 20.8 Å². The predicted octanol–water partition coefficient (Wildman–Crippen LogP) is 0.690. The molecule has 0 aliphatic carbocycles. The largest absolute Gasteiger partial charge is 0.505 e. The van der Waals surface area contributed by atoms with Crippen LogP contribution in [0, 0.1) is 0 Å². The highest BCUT2D eigenvalue weighted by molar-refractivity contribution is 5.56. The molecule has 0 amide bonds. The lowest BCUT2D eigenvalue weighted by Crippen LogP contribution is -2.36. The van der Waals surface area contributed by atoms with E-state index in [0.29, 0.717) is 0 Å². The molecule has 0 fully saturated rings. The van der Waals surface area contributed by atoms with Crippen LogP contribution in [0.4, 0.5) is 4.79 Å². The number of carboxylic acid groups (broad SMARTS) is 1. The molecule has 0 aromatic heterocycles. The fraction of sp³-hybridized carbons (Fsp3) is 0.833. The highest BCUT2D eigenvalue weighted by Gasteiger charge is 2.24. The molecule has 0 aliphatic heterocycles. The molecule has 0 aliphatic rings. The summed E-state index contributed by atoms with van der Waals surface area (Å²) >= 11 is 0. The van der Waals surface area contributed by atoms with Crippen LogP contribution in [-0.4, -0.2) is 37.9 Å². The van der Waals surface area contributed by atoms with E-state index in [1.807, 2.05) is 0 Å². The molecular formula is C6H12O5. The zero-order chi connectivity index (χ0) is 8.91. The van der Waals surface area contributed by atoms with Crippen molar-refractivity contribution >= 4 is 6.16 Å². The summed E-state index contributed by atoms with van der Waals surface area (Å²) < 4.78 is 13.9. The van der Waals surface area contributed by atoms with Gasteiger partial charge in [0.05, 0.1) is 0 Å². The Morgan fingerprint density at radius 3 is 2.18 bits per heavy atom. The normalized spacial score (nSPS) is 11.2. The lowest BCUT2D eigenvalue weighted by Gasteiger charge is -2.24. The van der Waals surface area contributed by atoms with Gasteiger partial charge in [0.2, 0.25) is 0 Å². The van der Waals surface area contributed by atoms with Crippen LogP contribution in [0.2, 0.25) is 0 Å². The van der Waals surface area contributed by atoms with Gasteiger partial charge in [0.1, 0.15) is 6.61 Å². The van der Waals surface area contributed by atoms with Crippen LogP contribution in [-0.2, 0) is 14.2 Å². The van der Waals surface area contributed by atoms with E-state index in [2.05, 4.69) is 4.74 Å². The monoisotopic (exact) mass is 164 g/mol. The fourth-order valence-corrected chi connectivity index (χ4v) is 0.394. The van der Waals surface area contributed by atoms with Crippen molar-refractivity contribution in [3.8, 4) is 0 Å². The summed E-state index contributed by atoms with van der Waals surface area (Å²) in [4.78, 5) is 9.94. The van der Waals surface area contributed by atoms with Gasteiger partial charge in [-0.25, -0.2) is 4.79 Å². The maximum absolute atomic E-state index is 9.94. The summed E-state index contributed by atoms with van der Waals surface area (Å²) in [7, 11) is 2.82. The maximum Gasteiger partial charge on any atom is 0.505 e. The highest BCUT2D eigenvalue weighted by Crippen LogP contribution is 2.09. The molecule has 0 saturated heterocycles. The molecule has 0 bridgehead atoms.